The van der Waals surface area contributed by atoms with Crippen molar-refractivity contribution in [1.29, 1.82) is 0 Å². The summed E-state index contributed by atoms with van der Waals surface area (Å²) in [6, 6.07) is 31.0. The summed E-state index contributed by atoms with van der Waals surface area (Å²) < 4.78 is 4.81. The zero-order valence-corrected chi connectivity index (χ0v) is 17.6. The van der Waals surface area contributed by atoms with E-state index in [-0.39, 0.29) is 0 Å². The predicted molar refractivity (Wildman–Crippen MR) is 130 cm³/mol. The van der Waals surface area contributed by atoms with Gasteiger partial charge in [-0.1, -0.05) is 72.8 Å². The Labute approximate surface area is 179 Å². The Kier molecular flexibility index (Phi) is 3.17. The van der Waals surface area contributed by atoms with E-state index in [0.29, 0.717) is 0 Å². The fraction of sp³-hybridized carbons (Fsp3) is 0.0690. The number of hydrogen-bond donors (Lipinski definition) is 0. The van der Waals surface area contributed by atoms with Crippen LogP contribution in [-0.2, 0) is 7.05 Å². The maximum atomic E-state index is 2.52. The van der Waals surface area contributed by atoms with Gasteiger partial charge in [-0.05, 0) is 29.5 Å². The molecule has 0 unspecified atom stereocenters. The Morgan fingerprint density at radius 2 is 1.48 bits per heavy atom. The molecule has 2 nitrogen and oxygen atoms in total. The number of hydrogen-bond acceptors (Lipinski definition) is 0. The van der Waals surface area contributed by atoms with Crippen molar-refractivity contribution in [2.75, 3.05) is 0 Å². The van der Waals surface area contributed by atoms with Crippen LogP contribution >= 0.6 is 0 Å². The zero-order valence-electron chi connectivity index (χ0n) is 17.6. The first-order chi connectivity index (χ1) is 15.2. The molecule has 0 amide bonds. The normalized spacial score (nSPS) is 12.2. The average molecular weight is 398 g/mol. The summed E-state index contributed by atoms with van der Waals surface area (Å²) in [5.74, 6) is 0. The van der Waals surface area contributed by atoms with Crippen LogP contribution < -0.4 is 4.57 Å². The van der Waals surface area contributed by atoms with Gasteiger partial charge in [0.15, 0.2) is 6.20 Å². The van der Waals surface area contributed by atoms with E-state index in [4.69, 9.17) is 0 Å². The van der Waals surface area contributed by atoms with E-state index in [9.17, 15) is 0 Å². The van der Waals surface area contributed by atoms with Gasteiger partial charge in [0, 0.05) is 22.4 Å². The SMILES string of the molecule is Cc1ccc2c3ccccc3n3c4c(-c5ccccc5)ccc5cc[n+](C)c(c1c23)c54. The van der Waals surface area contributed by atoms with Crippen LogP contribution in [-0.4, -0.2) is 4.40 Å². The lowest BCUT2D eigenvalue weighted by Crippen LogP contribution is -2.29. The zero-order chi connectivity index (χ0) is 20.7. The predicted octanol–water partition coefficient (Wildman–Crippen LogP) is 6.79. The molecule has 0 fully saturated rings. The van der Waals surface area contributed by atoms with Crippen LogP contribution in [0.4, 0.5) is 0 Å². The van der Waals surface area contributed by atoms with Crippen molar-refractivity contribution in [2.45, 2.75) is 6.92 Å². The van der Waals surface area contributed by atoms with Crippen molar-refractivity contribution in [3.8, 4) is 11.1 Å². The molecular weight excluding hydrogens is 376 g/mol. The lowest BCUT2D eigenvalue weighted by Gasteiger charge is -2.16. The van der Waals surface area contributed by atoms with Crippen molar-refractivity contribution in [3.63, 3.8) is 0 Å². The van der Waals surface area contributed by atoms with Crippen molar-refractivity contribution in [2.24, 2.45) is 7.05 Å². The molecule has 0 aliphatic rings. The molecule has 146 valence electrons. The molecule has 4 aromatic carbocycles. The van der Waals surface area contributed by atoms with Crippen LogP contribution in [0.5, 0.6) is 0 Å². The van der Waals surface area contributed by atoms with Gasteiger partial charge in [-0.2, -0.15) is 0 Å². The summed E-state index contributed by atoms with van der Waals surface area (Å²) in [4.78, 5) is 0. The highest BCUT2D eigenvalue weighted by Crippen LogP contribution is 2.43. The molecule has 0 saturated heterocycles. The fourth-order valence-corrected chi connectivity index (χ4v) is 5.51. The van der Waals surface area contributed by atoms with E-state index in [1.165, 1.54) is 65.7 Å². The minimum absolute atomic E-state index is 1.25. The monoisotopic (exact) mass is 397 g/mol. The first-order valence-electron chi connectivity index (χ1n) is 10.8. The van der Waals surface area contributed by atoms with E-state index in [2.05, 4.69) is 114 Å². The number of para-hydroxylation sites is 1. The lowest BCUT2D eigenvalue weighted by molar-refractivity contribution is -0.643. The molecular formula is C29H21N2+. The summed E-state index contributed by atoms with van der Waals surface area (Å²) in [6.45, 7) is 2.24. The van der Waals surface area contributed by atoms with E-state index in [1.807, 2.05) is 0 Å². The smallest absolute Gasteiger partial charge is 0.224 e. The molecule has 0 aliphatic heterocycles. The molecule has 0 atom stereocenters. The average Bonchev–Trinajstić information content (AvgIpc) is 3.14. The van der Waals surface area contributed by atoms with Crippen molar-refractivity contribution >= 4 is 49.0 Å². The van der Waals surface area contributed by atoms with Gasteiger partial charge in [0.25, 0.3) is 0 Å². The van der Waals surface area contributed by atoms with Gasteiger partial charge in [-0.15, -0.1) is 0 Å². The highest BCUT2D eigenvalue weighted by Gasteiger charge is 2.25. The van der Waals surface area contributed by atoms with Crippen molar-refractivity contribution < 1.29 is 4.57 Å². The maximum Gasteiger partial charge on any atom is 0.224 e. The van der Waals surface area contributed by atoms with Crippen LogP contribution in [0.2, 0.25) is 0 Å². The third kappa shape index (κ3) is 2.04. The second-order valence-corrected chi connectivity index (χ2v) is 8.57. The third-order valence-electron chi connectivity index (χ3n) is 6.87. The molecule has 7 rings (SSSR count). The summed E-state index contributed by atoms with van der Waals surface area (Å²) >= 11 is 0. The number of fused-ring (bicyclic) bond motifs is 5. The van der Waals surface area contributed by atoms with Gasteiger partial charge >= 0.3 is 0 Å². The highest BCUT2D eigenvalue weighted by molar-refractivity contribution is 6.27. The molecule has 0 radical (unpaired) electrons. The molecule has 3 aromatic heterocycles. The quantitative estimate of drug-likeness (QED) is 0.164. The summed E-state index contributed by atoms with van der Waals surface area (Å²) in [7, 11) is 2.17. The second-order valence-electron chi connectivity index (χ2n) is 8.57. The van der Waals surface area contributed by atoms with E-state index in [1.54, 1.807) is 0 Å². The van der Waals surface area contributed by atoms with Crippen LogP contribution in [0.15, 0.2) is 91.1 Å². The Morgan fingerprint density at radius 1 is 0.677 bits per heavy atom. The standard InChI is InChI=1S/C29H21N2/c1-18-12-14-23-22-10-6-7-11-24(22)31-27-21(19-8-4-3-5-9-19)15-13-20-16-17-30(2)29(26(20)27)25(18)28(23)31/h3-17H,1-2H3/q+1. The number of nitrogens with zero attached hydrogens (tertiary/aromatic N) is 2. The molecule has 2 heteroatoms. The Bertz CT molecular complexity index is 1790. The molecule has 0 bridgehead atoms. The second kappa shape index (κ2) is 5.83. The number of pyridine rings is 2. The van der Waals surface area contributed by atoms with Crippen molar-refractivity contribution in [1.82, 2.24) is 4.40 Å². The van der Waals surface area contributed by atoms with E-state index >= 15 is 0 Å². The van der Waals surface area contributed by atoms with Gasteiger partial charge in [0.05, 0.1) is 27.3 Å². The summed E-state index contributed by atoms with van der Waals surface area (Å²) in [6.07, 6.45) is 2.19. The lowest BCUT2D eigenvalue weighted by atomic mass is 9.95. The summed E-state index contributed by atoms with van der Waals surface area (Å²) in [5.41, 5.74) is 9.03. The van der Waals surface area contributed by atoms with Crippen molar-refractivity contribution in [3.05, 3.63) is 96.7 Å². The van der Waals surface area contributed by atoms with E-state index in [0.717, 1.165) is 0 Å². The third-order valence-corrected chi connectivity index (χ3v) is 6.87. The Morgan fingerprint density at radius 3 is 2.35 bits per heavy atom. The first-order valence-corrected chi connectivity index (χ1v) is 10.8. The van der Waals surface area contributed by atoms with Crippen LogP contribution in [0.25, 0.3) is 60.1 Å². The number of aryl methyl sites for hydroxylation is 2. The number of aromatic nitrogens is 2. The first kappa shape index (κ1) is 16.8. The Balaban J connectivity index is 1.94. The molecule has 0 aliphatic carbocycles. The largest absolute Gasteiger partial charge is 0.307 e. The van der Waals surface area contributed by atoms with Crippen LogP contribution in [0, 0.1) is 6.92 Å². The van der Waals surface area contributed by atoms with E-state index < -0.39 is 0 Å². The number of rotatable bonds is 1. The van der Waals surface area contributed by atoms with Gasteiger partial charge in [0.1, 0.15) is 7.05 Å². The van der Waals surface area contributed by atoms with Crippen LogP contribution in [0.3, 0.4) is 0 Å². The molecule has 0 N–H and O–H groups in total. The van der Waals surface area contributed by atoms with Gasteiger partial charge in [-0.25, -0.2) is 4.57 Å². The minimum Gasteiger partial charge on any atom is -0.307 e. The van der Waals surface area contributed by atoms with Gasteiger partial charge < -0.3 is 4.40 Å². The molecule has 7 aromatic rings. The molecule has 0 saturated carbocycles. The summed E-state index contributed by atoms with van der Waals surface area (Å²) in [5, 5.41) is 6.59. The fourth-order valence-electron chi connectivity index (χ4n) is 5.51. The Hall–Kier alpha value is -3.91. The van der Waals surface area contributed by atoms with Crippen LogP contribution in [0.1, 0.15) is 5.56 Å². The van der Waals surface area contributed by atoms with Gasteiger partial charge in [-0.3, -0.25) is 0 Å². The number of benzene rings is 4. The topological polar surface area (TPSA) is 8.29 Å². The molecule has 0 spiro atoms. The van der Waals surface area contributed by atoms with Gasteiger partial charge in [0.2, 0.25) is 5.52 Å². The minimum atomic E-state index is 1.25. The maximum absolute atomic E-state index is 2.52. The molecule has 3 heterocycles. The molecule has 31 heavy (non-hydrogen) atoms. The highest BCUT2D eigenvalue weighted by atomic mass is 15.0.